The number of hydrogen-bond donors (Lipinski definition) is 2. The number of nitrogens with one attached hydrogen (secondary N) is 1. The number of nitrogens with zero attached hydrogens (tertiary/aromatic N) is 1. The van der Waals surface area contributed by atoms with E-state index in [0.29, 0.717) is 25.7 Å². The third kappa shape index (κ3) is 5.75. The SMILES string of the molecule is CCCC(=O)N1CCC(N[C@@H]2CCOC[C@H]2OCC(=O)O)CC1. The number of carbonyl (C=O) groups excluding carboxylic acids is 1. The molecule has 7 nitrogen and oxygen atoms in total. The lowest BCUT2D eigenvalue weighted by molar-refractivity contribution is -0.148. The van der Waals surface area contributed by atoms with E-state index in [1.165, 1.54) is 0 Å². The molecule has 1 amide bonds. The minimum absolute atomic E-state index is 0.117. The summed E-state index contributed by atoms with van der Waals surface area (Å²) < 4.78 is 10.8. The van der Waals surface area contributed by atoms with Crippen molar-refractivity contribution in [1.29, 1.82) is 0 Å². The number of piperidine rings is 1. The van der Waals surface area contributed by atoms with Gasteiger partial charge in [0, 0.05) is 38.2 Å². The molecule has 0 aromatic heterocycles. The number of amides is 1. The van der Waals surface area contributed by atoms with E-state index in [1.807, 2.05) is 11.8 Å². The first-order valence-electron chi connectivity index (χ1n) is 8.55. The number of hydrogen-bond acceptors (Lipinski definition) is 5. The largest absolute Gasteiger partial charge is 0.480 e. The van der Waals surface area contributed by atoms with Gasteiger partial charge in [-0.25, -0.2) is 4.79 Å². The minimum atomic E-state index is -0.961. The standard InChI is InChI=1S/C16H28N2O5/c1-2-3-15(19)18-7-4-12(5-8-18)17-13-6-9-22-10-14(13)23-11-16(20)21/h12-14,17H,2-11H2,1H3,(H,20,21)/t13-,14-/m1/s1. The molecule has 2 atom stereocenters. The van der Waals surface area contributed by atoms with Gasteiger partial charge in [-0.15, -0.1) is 0 Å². The van der Waals surface area contributed by atoms with E-state index in [1.54, 1.807) is 0 Å². The molecule has 0 aromatic rings. The summed E-state index contributed by atoms with van der Waals surface area (Å²) in [5, 5.41) is 12.3. The van der Waals surface area contributed by atoms with Crippen LogP contribution in [0.5, 0.6) is 0 Å². The molecule has 7 heteroatoms. The topological polar surface area (TPSA) is 88.1 Å². The molecular weight excluding hydrogens is 300 g/mol. The van der Waals surface area contributed by atoms with Crippen LogP contribution in [0.25, 0.3) is 0 Å². The van der Waals surface area contributed by atoms with Crippen molar-refractivity contribution < 1.29 is 24.2 Å². The van der Waals surface area contributed by atoms with Crippen molar-refractivity contribution in [3.05, 3.63) is 0 Å². The average molecular weight is 328 g/mol. The zero-order valence-electron chi connectivity index (χ0n) is 13.8. The second-order valence-electron chi connectivity index (χ2n) is 6.29. The van der Waals surface area contributed by atoms with Crippen LogP contribution >= 0.6 is 0 Å². The van der Waals surface area contributed by atoms with E-state index in [-0.39, 0.29) is 24.7 Å². The maximum atomic E-state index is 11.9. The molecule has 2 fully saturated rings. The lowest BCUT2D eigenvalue weighted by atomic mass is 9.99. The van der Waals surface area contributed by atoms with Crippen molar-refractivity contribution in [1.82, 2.24) is 10.2 Å². The zero-order chi connectivity index (χ0) is 16.7. The Labute approximate surface area is 137 Å². The van der Waals surface area contributed by atoms with Crippen LogP contribution < -0.4 is 5.32 Å². The van der Waals surface area contributed by atoms with Gasteiger partial charge in [-0.2, -0.15) is 0 Å². The molecule has 132 valence electrons. The van der Waals surface area contributed by atoms with Crippen LogP contribution in [0, 0.1) is 0 Å². The summed E-state index contributed by atoms with van der Waals surface area (Å²) in [6.45, 7) is 4.41. The highest BCUT2D eigenvalue weighted by Crippen LogP contribution is 2.17. The molecule has 2 N–H and O–H groups in total. The normalized spacial score (nSPS) is 26.2. The molecule has 0 aliphatic carbocycles. The lowest BCUT2D eigenvalue weighted by Gasteiger charge is -2.38. The summed E-state index contributed by atoms with van der Waals surface area (Å²) in [6.07, 6.45) is 3.97. The van der Waals surface area contributed by atoms with E-state index in [9.17, 15) is 9.59 Å². The number of carboxylic acid groups (broad SMARTS) is 1. The molecule has 0 unspecified atom stereocenters. The zero-order valence-corrected chi connectivity index (χ0v) is 13.8. The van der Waals surface area contributed by atoms with E-state index in [0.717, 1.165) is 38.8 Å². The highest BCUT2D eigenvalue weighted by atomic mass is 16.5. The van der Waals surface area contributed by atoms with Crippen LogP contribution in [-0.4, -0.2) is 73.0 Å². The first-order valence-corrected chi connectivity index (χ1v) is 8.55. The summed E-state index contributed by atoms with van der Waals surface area (Å²) in [4.78, 5) is 24.5. The van der Waals surface area contributed by atoms with Crippen LogP contribution in [0.1, 0.15) is 39.0 Å². The van der Waals surface area contributed by atoms with Crippen LogP contribution in [0.3, 0.4) is 0 Å². The highest BCUT2D eigenvalue weighted by molar-refractivity contribution is 5.76. The fraction of sp³-hybridized carbons (Fsp3) is 0.875. The highest BCUT2D eigenvalue weighted by Gasteiger charge is 2.30. The summed E-state index contributed by atoms with van der Waals surface area (Å²) in [6, 6.07) is 0.464. The summed E-state index contributed by atoms with van der Waals surface area (Å²) >= 11 is 0. The number of rotatable bonds is 7. The fourth-order valence-corrected chi connectivity index (χ4v) is 3.22. The van der Waals surface area contributed by atoms with E-state index < -0.39 is 5.97 Å². The number of carboxylic acids is 1. The number of aliphatic carboxylic acids is 1. The smallest absolute Gasteiger partial charge is 0.329 e. The Morgan fingerprint density at radius 1 is 1.30 bits per heavy atom. The van der Waals surface area contributed by atoms with Gasteiger partial charge in [0.1, 0.15) is 6.61 Å². The first-order chi connectivity index (χ1) is 11.1. The Morgan fingerprint density at radius 3 is 2.70 bits per heavy atom. The molecule has 0 radical (unpaired) electrons. The summed E-state index contributed by atoms with van der Waals surface area (Å²) in [7, 11) is 0. The second kappa shape index (κ2) is 9.20. The lowest BCUT2D eigenvalue weighted by Crippen LogP contribution is -2.54. The molecular formula is C16H28N2O5. The number of likely N-dealkylation sites (tertiary alicyclic amines) is 1. The van der Waals surface area contributed by atoms with Crippen LogP contribution in [0.4, 0.5) is 0 Å². The summed E-state index contributed by atoms with van der Waals surface area (Å²) in [5.41, 5.74) is 0. The van der Waals surface area contributed by atoms with Gasteiger partial charge in [-0.05, 0) is 25.7 Å². The number of ether oxygens (including phenoxy) is 2. The van der Waals surface area contributed by atoms with Gasteiger partial charge in [0.05, 0.1) is 12.7 Å². The third-order valence-electron chi connectivity index (χ3n) is 4.49. The minimum Gasteiger partial charge on any atom is -0.480 e. The molecule has 0 spiro atoms. The maximum Gasteiger partial charge on any atom is 0.329 e. The Hall–Kier alpha value is -1.18. The van der Waals surface area contributed by atoms with E-state index >= 15 is 0 Å². The average Bonchev–Trinajstić information content (AvgIpc) is 2.55. The Kier molecular flexibility index (Phi) is 7.26. The van der Waals surface area contributed by atoms with Gasteiger partial charge >= 0.3 is 5.97 Å². The van der Waals surface area contributed by atoms with Crippen molar-refractivity contribution >= 4 is 11.9 Å². The Balaban J connectivity index is 1.77. The van der Waals surface area contributed by atoms with Gasteiger partial charge in [0.25, 0.3) is 0 Å². The second-order valence-corrected chi connectivity index (χ2v) is 6.29. The van der Waals surface area contributed by atoms with Gasteiger partial charge < -0.3 is 24.8 Å². The first kappa shape index (κ1) is 18.2. The third-order valence-corrected chi connectivity index (χ3v) is 4.49. The Bertz CT molecular complexity index is 396. The monoisotopic (exact) mass is 328 g/mol. The van der Waals surface area contributed by atoms with E-state index in [4.69, 9.17) is 14.6 Å². The molecule has 2 saturated heterocycles. The predicted molar refractivity (Wildman–Crippen MR) is 84.2 cm³/mol. The molecule has 23 heavy (non-hydrogen) atoms. The van der Waals surface area contributed by atoms with Crippen molar-refractivity contribution in [2.75, 3.05) is 32.9 Å². The van der Waals surface area contributed by atoms with Crippen molar-refractivity contribution in [3.8, 4) is 0 Å². The van der Waals surface area contributed by atoms with Crippen molar-refractivity contribution in [2.24, 2.45) is 0 Å². The molecule has 0 saturated carbocycles. The van der Waals surface area contributed by atoms with Crippen molar-refractivity contribution in [3.63, 3.8) is 0 Å². The van der Waals surface area contributed by atoms with Gasteiger partial charge in [-0.1, -0.05) is 6.92 Å². The van der Waals surface area contributed by atoms with Gasteiger partial charge in [0.15, 0.2) is 0 Å². The quantitative estimate of drug-likeness (QED) is 0.712. The molecule has 0 aromatic carbocycles. The van der Waals surface area contributed by atoms with Crippen LogP contribution in [0.15, 0.2) is 0 Å². The molecule has 0 bridgehead atoms. The van der Waals surface area contributed by atoms with Gasteiger partial charge in [-0.3, -0.25) is 4.79 Å². The fourth-order valence-electron chi connectivity index (χ4n) is 3.22. The molecule has 2 aliphatic heterocycles. The number of carbonyl (C=O) groups is 2. The Morgan fingerprint density at radius 2 is 2.04 bits per heavy atom. The van der Waals surface area contributed by atoms with E-state index in [2.05, 4.69) is 5.32 Å². The van der Waals surface area contributed by atoms with Crippen molar-refractivity contribution in [2.45, 2.75) is 57.2 Å². The summed E-state index contributed by atoms with van der Waals surface area (Å²) in [5.74, 6) is -0.711. The molecule has 2 rings (SSSR count). The maximum absolute atomic E-state index is 11.9. The molecule has 2 heterocycles. The van der Waals surface area contributed by atoms with Gasteiger partial charge in [0.2, 0.25) is 5.91 Å². The predicted octanol–water partition coefficient (Wildman–Crippen LogP) is 0.626. The van der Waals surface area contributed by atoms with Crippen LogP contribution in [0.2, 0.25) is 0 Å². The molecule has 2 aliphatic rings. The van der Waals surface area contributed by atoms with Crippen LogP contribution in [-0.2, 0) is 19.1 Å².